The van der Waals surface area contributed by atoms with Crippen LogP contribution in [0.3, 0.4) is 0 Å². The molecule has 1 aromatic rings. The fraction of sp³-hybridized carbons (Fsp3) is 0.545. The van der Waals surface area contributed by atoms with Gasteiger partial charge in [0.25, 0.3) is 0 Å². The van der Waals surface area contributed by atoms with Gasteiger partial charge in [-0.05, 0) is 61.3 Å². The zero-order valence-corrected chi connectivity index (χ0v) is 19.0. The minimum absolute atomic E-state index is 0.0428. The molecule has 0 radical (unpaired) electrons. The van der Waals surface area contributed by atoms with Gasteiger partial charge < -0.3 is 14.4 Å². The summed E-state index contributed by atoms with van der Waals surface area (Å²) in [5.74, 6) is -0.580. The average Bonchev–Trinajstić information content (AvgIpc) is 2.95. The van der Waals surface area contributed by atoms with Crippen LogP contribution in [0.1, 0.15) is 57.1 Å². The van der Waals surface area contributed by atoms with E-state index in [1.165, 1.54) is 7.11 Å². The number of ether oxygens (including phenoxy) is 2. The van der Waals surface area contributed by atoms with E-state index >= 15 is 0 Å². The number of hydrogen-bond donors (Lipinski definition) is 0. The fourth-order valence-electron chi connectivity index (χ4n) is 4.53. The number of methoxy groups -OCH3 is 1. The Kier molecular flexibility index (Phi) is 6.37. The maximum atomic E-state index is 12.8. The Balaban J connectivity index is 1.90. The number of benzene rings is 1. The lowest BCUT2D eigenvalue weighted by Gasteiger charge is -2.43. The number of fused-ring (bicyclic) bond motifs is 2. The zero-order valence-electron chi connectivity index (χ0n) is 16.9. The van der Waals surface area contributed by atoms with Crippen LogP contribution in [0, 0.1) is 5.92 Å². The quantitative estimate of drug-likeness (QED) is 0.429. The summed E-state index contributed by atoms with van der Waals surface area (Å²) in [6.07, 6.45) is 4.16. The minimum Gasteiger partial charge on any atom is -0.469 e. The van der Waals surface area contributed by atoms with Gasteiger partial charge in [-0.2, -0.15) is 0 Å². The fourth-order valence-corrected chi connectivity index (χ4v) is 4.95. The molecule has 2 aliphatic heterocycles. The number of nitrogens with zero attached hydrogens (tertiary/aromatic N) is 1. The summed E-state index contributed by atoms with van der Waals surface area (Å²) < 4.78 is 12.8. The topological polar surface area (TPSA) is 55.8 Å². The van der Waals surface area contributed by atoms with Crippen LogP contribution in [-0.4, -0.2) is 41.8 Å². The van der Waals surface area contributed by atoms with E-state index in [9.17, 15) is 9.59 Å². The molecule has 152 valence electrons. The van der Waals surface area contributed by atoms with Crippen LogP contribution in [0.4, 0.5) is 4.79 Å². The smallest absolute Gasteiger partial charge is 0.410 e. The molecule has 3 rings (SSSR count). The molecule has 2 aliphatic rings. The summed E-state index contributed by atoms with van der Waals surface area (Å²) in [6.45, 7) is 5.59. The third kappa shape index (κ3) is 4.36. The second-order valence-electron chi connectivity index (χ2n) is 8.54. The molecule has 0 spiro atoms. The number of halogens is 1. The number of rotatable bonds is 3. The lowest BCUT2D eigenvalue weighted by molar-refractivity contribution is -0.150. The Hall–Kier alpha value is -1.57. The maximum absolute atomic E-state index is 12.8. The maximum Gasteiger partial charge on any atom is 0.410 e. The normalized spacial score (nSPS) is 27.1. The highest BCUT2D eigenvalue weighted by Gasteiger charge is 2.53. The van der Waals surface area contributed by atoms with Crippen molar-refractivity contribution in [2.75, 3.05) is 7.11 Å². The molecule has 0 N–H and O–H groups in total. The van der Waals surface area contributed by atoms with E-state index in [-0.39, 0.29) is 36.0 Å². The number of carbonyl (C=O) groups excluding carboxylic acids is 2. The summed E-state index contributed by atoms with van der Waals surface area (Å²) >= 11 is 2.20. The molecule has 2 saturated heterocycles. The molecule has 2 heterocycles. The first-order valence-electron chi connectivity index (χ1n) is 9.71. The molecular weight excluding hydrogens is 469 g/mol. The van der Waals surface area contributed by atoms with Gasteiger partial charge in [-0.25, -0.2) is 4.79 Å². The number of amides is 1. The molecule has 2 bridgehead atoms. The second kappa shape index (κ2) is 8.43. The van der Waals surface area contributed by atoms with Gasteiger partial charge in [-0.1, -0.05) is 46.9 Å². The summed E-state index contributed by atoms with van der Waals surface area (Å²) in [4.78, 5) is 27.4. The van der Waals surface area contributed by atoms with Crippen LogP contribution in [0.25, 0.3) is 6.08 Å². The first-order chi connectivity index (χ1) is 13.2. The van der Waals surface area contributed by atoms with Gasteiger partial charge in [0.05, 0.1) is 13.0 Å². The number of piperidine rings is 1. The molecule has 4 atom stereocenters. The van der Waals surface area contributed by atoms with Crippen LogP contribution in [0.5, 0.6) is 0 Å². The summed E-state index contributed by atoms with van der Waals surface area (Å²) in [5.41, 5.74) is 1.69. The Morgan fingerprint density at radius 3 is 2.43 bits per heavy atom. The van der Waals surface area contributed by atoms with Crippen LogP contribution in [0.15, 0.2) is 28.3 Å². The standard InChI is InChI=1S/C22H28INO4/c1-22(2,3)28-21(26)24-16-9-10-18(24)19(20(25)27-4)17(13-16)15-7-5-14(6-8-15)11-12-23/h5-8,11-12,16-19H,9-10,13H2,1-4H3/b12-11-. The molecule has 0 aromatic heterocycles. The zero-order chi connectivity index (χ0) is 20.5. The molecule has 0 saturated carbocycles. The van der Waals surface area contributed by atoms with Crippen LogP contribution in [-0.2, 0) is 14.3 Å². The summed E-state index contributed by atoms with van der Waals surface area (Å²) in [5, 5.41) is 0. The van der Waals surface area contributed by atoms with Crippen LogP contribution < -0.4 is 0 Å². The predicted octanol–water partition coefficient (Wildman–Crippen LogP) is 5.14. The molecule has 28 heavy (non-hydrogen) atoms. The monoisotopic (exact) mass is 497 g/mol. The predicted molar refractivity (Wildman–Crippen MR) is 117 cm³/mol. The van der Waals surface area contributed by atoms with Gasteiger partial charge in [0, 0.05) is 18.0 Å². The Morgan fingerprint density at radius 2 is 1.86 bits per heavy atom. The molecular formula is C22H28INO4. The highest BCUT2D eigenvalue weighted by Crippen LogP contribution is 2.48. The van der Waals surface area contributed by atoms with Gasteiger partial charge in [-0.3, -0.25) is 4.79 Å². The third-order valence-electron chi connectivity index (χ3n) is 5.62. The molecule has 2 fully saturated rings. The van der Waals surface area contributed by atoms with E-state index in [0.29, 0.717) is 0 Å². The molecule has 1 amide bonds. The van der Waals surface area contributed by atoms with E-state index < -0.39 is 5.60 Å². The van der Waals surface area contributed by atoms with E-state index in [4.69, 9.17) is 9.47 Å². The van der Waals surface area contributed by atoms with Gasteiger partial charge >= 0.3 is 12.1 Å². The van der Waals surface area contributed by atoms with Crippen molar-refractivity contribution in [3.63, 3.8) is 0 Å². The van der Waals surface area contributed by atoms with E-state index in [0.717, 1.165) is 30.4 Å². The summed E-state index contributed by atoms with van der Waals surface area (Å²) in [6, 6.07) is 8.24. The highest BCUT2D eigenvalue weighted by atomic mass is 127. The minimum atomic E-state index is -0.559. The Morgan fingerprint density at radius 1 is 1.18 bits per heavy atom. The largest absolute Gasteiger partial charge is 0.469 e. The second-order valence-corrected chi connectivity index (χ2v) is 9.26. The first-order valence-corrected chi connectivity index (χ1v) is 11.0. The molecule has 4 unspecified atom stereocenters. The highest BCUT2D eigenvalue weighted by molar-refractivity contribution is 14.1. The van der Waals surface area contributed by atoms with E-state index in [2.05, 4.69) is 46.9 Å². The Bertz CT molecular complexity index is 753. The first kappa shape index (κ1) is 21.1. The number of esters is 1. The van der Waals surface area contributed by atoms with Gasteiger partial charge in [-0.15, -0.1) is 0 Å². The number of carbonyl (C=O) groups is 2. The van der Waals surface area contributed by atoms with E-state index in [1.807, 2.05) is 30.9 Å². The van der Waals surface area contributed by atoms with Crippen molar-refractivity contribution in [3.05, 3.63) is 39.5 Å². The lowest BCUT2D eigenvalue weighted by Crippen LogP contribution is -2.54. The molecule has 6 heteroatoms. The van der Waals surface area contributed by atoms with Crippen molar-refractivity contribution in [2.45, 2.75) is 63.6 Å². The van der Waals surface area contributed by atoms with Gasteiger partial charge in [0.1, 0.15) is 5.60 Å². The molecule has 1 aromatic carbocycles. The van der Waals surface area contributed by atoms with E-state index in [1.54, 1.807) is 4.90 Å². The van der Waals surface area contributed by atoms with Crippen LogP contribution >= 0.6 is 22.6 Å². The SMILES string of the molecule is COC(=O)C1C(c2ccc(/C=C\I)cc2)CC2CCC1N2C(=O)OC(C)(C)C. The summed E-state index contributed by atoms with van der Waals surface area (Å²) in [7, 11) is 1.42. The van der Waals surface area contributed by atoms with Crippen molar-refractivity contribution < 1.29 is 19.1 Å². The van der Waals surface area contributed by atoms with Gasteiger partial charge in [0.2, 0.25) is 0 Å². The number of hydrogen-bond acceptors (Lipinski definition) is 4. The molecule has 0 aliphatic carbocycles. The third-order valence-corrected chi connectivity index (χ3v) is 5.98. The average molecular weight is 497 g/mol. The van der Waals surface area contributed by atoms with Crippen molar-refractivity contribution in [3.8, 4) is 0 Å². The van der Waals surface area contributed by atoms with Crippen molar-refractivity contribution >= 4 is 40.7 Å². The van der Waals surface area contributed by atoms with Gasteiger partial charge in [0.15, 0.2) is 0 Å². The molecule has 5 nitrogen and oxygen atoms in total. The van der Waals surface area contributed by atoms with Crippen molar-refractivity contribution in [1.29, 1.82) is 0 Å². The van der Waals surface area contributed by atoms with Crippen molar-refractivity contribution in [1.82, 2.24) is 4.90 Å². The van der Waals surface area contributed by atoms with Crippen LogP contribution in [0.2, 0.25) is 0 Å². The Labute approximate surface area is 180 Å². The lowest BCUT2D eigenvalue weighted by atomic mass is 9.76. The van der Waals surface area contributed by atoms with Crippen molar-refractivity contribution in [2.24, 2.45) is 5.92 Å².